The van der Waals surface area contributed by atoms with Gasteiger partial charge in [-0.1, -0.05) is 25.7 Å². The van der Waals surface area contributed by atoms with Crippen LogP contribution >= 0.6 is 0 Å². The predicted octanol–water partition coefficient (Wildman–Crippen LogP) is 3.09. The van der Waals surface area contributed by atoms with Crippen molar-refractivity contribution in [3.8, 4) is 0 Å². The normalized spacial score (nSPS) is 22.4. The zero-order valence-electron chi connectivity index (χ0n) is 10.2. The van der Waals surface area contributed by atoms with Crippen LogP contribution in [0, 0.1) is 0 Å². The largest absolute Gasteiger partial charge is 0.310 e. The Labute approximate surface area is 102 Å². The molecular formula is C14H20N2O. The van der Waals surface area contributed by atoms with Crippen LogP contribution in [-0.4, -0.2) is 9.97 Å². The van der Waals surface area contributed by atoms with Gasteiger partial charge >= 0.3 is 0 Å². The molecule has 1 aromatic heterocycles. The van der Waals surface area contributed by atoms with Gasteiger partial charge in [0.25, 0.3) is 5.56 Å². The van der Waals surface area contributed by atoms with Crippen LogP contribution in [0.1, 0.15) is 74.7 Å². The summed E-state index contributed by atoms with van der Waals surface area (Å²) < 4.78 is 0. The molecule has 92 valence electrons. The molecule has 2 aliphatic carbocycles. The Morgan fingerprint density at radius 2 is 1.71 bits per heavy atom. The molecule has 2 fully saturated rings. The average Bonchev–Trinajstić information content (AvgIpc) is 3.16. The van der Waals surface area contributed by atoms with Crippen molar-refractivity contribution in [2.75, 3.05) is 0 Å². The van der Waals surface area contributed by atoms with Crippen LogP contribution in [0.3, 0.4) is 0 Å². The standard InChI is InChI=1S/C14H20N2O/c17-13-9-12(10-7-8-10)15-14(16-13)11-5-3-1-2-4-6-11/h9-11H,1-8H2,(H,15,16,17). The van der Waals surface area contributed by atoms with Crippen LogP contribution in [0.25, 0.3) is 0 Å². The molecule has 0 unspecified atom stereocenters. The molecular weight excluding hydrogens is 212 g/mol. The van der Waals surface area contributed by atoms with Crippen molar-refractivity contribution in [1.82, 2.24) is 9.97 Å². The van der Waals surface area contributed by atoms with Crippen molar-refractivity contribution < 1.29 is 0 Å². The lowest BCUT2D eigenvalue weighted by Gasteiger charge is -2.13. The van der Waals surface area contributed by atoms with Crippen molar-refractivity contribution in [1.29, 1.82) is 0 Å². The molecule has 17 heavy (non-hydrogen) atoms. The molecule has 2 saturated carbocycles. The molecule has 0 aliphatic heterocycles. The van der Waals surface area contributed by atoms with E-state index in [-0.39, 0.29) is 5.56 Å². The van der Waals surface area contributed by atoms with Gasteiger partial charge in [0, 0.05) is 17.9 Å². The topological polar surface area (TPSA) is 45.8 Å². The minimum Gasteiger partial charge on any atom is -0.310 e. The lowest BCUT2D eigenvalue weighted by atomic mass is 9.99. The minimum atomic E-state index is 0.0427. The zero-order valence-corrected chi connectivity index (χ0v) is 10.2. The maximum atomic E-state index is 11.7. The highest BCUT2D eigenvalue weighted by Crippen LogP contribution is 2.39. The Hall–Kier alpha value is -1.12. The van der Waals surface area contributed by atoms with E-state index in [0.717, 1.165) is 11.5 Å². The van der Waals surface area contributed by atoms with Gasteiger partial charge in [0.2, 0.25) is 0 Å². The van der Waals surface area contributed by atoms with Gasteiger partial charge in [0.05, 0.1) is 5.69 Å². The molecule has 1 N–H and O–H groups in total. The highest BCUT2D eigenvalue weighted by Gasteiger charge is 2.27. The average molecular weight is 232 g/mol. The van der Waals surface area contributed by atoms with Crippen molar-refractivity contribution in [3.05, 3.63) is 27.9 Å². The van der Waals surface area contributed by atoms with Gasteiger partial charge in [-0.15, -0.1) is 0 Å². The van der Waals surface area contributed by atoms with Gasteiger partial charge in [-0.3, -0.25) is 4.79 Å². The van der Waals surface area contributed by atoms with Crippen molar-refractivity contribution in [3.63, 3.8) is 0 Å². The molecule has 0 spiro atoms. The van der Waals surface area contributed by atoms with E-state index in [1.54, 1.807) is 6.07 Å². The van der Waals surface area contributed by atoms with Crippen LogP contribution in [0.4, 0.5) is 0 Å². The van der Waals surface area contributed by atoms with Crippen LogP contribution in [0.15, 0.2) is 10.9 Å². The second kappa shape index (κ2) is 4.63. The first-order valence-corrected chi connectivity index (χ1v) is 6.94. The summed E-state index contributed by atoms with van der Waals surface area (Å²) in [7, 11) is 0. The van der Waals surface area contributed by atoms with Crippen molar-refractivity contribution in [2.45, 2.75) is 63.2 Å². The third-order valence-electron chi connectivity index (χ3n) is 4.02. The fourth-order valence-corrected chi connectivity index (χ4v) is 2.83. The van der Waals surface area contributed by atoms with E-state index in [1.165, 1.54) is 51.4 Å². The number of nitrogens with one attached hydrogen (secondary N) is 1. The van der Waals surface area contributed by atoms with Crippen molar-refractivity contribution >= 4 is 0 Å². The first-order chi connectivity index (χ1) is 8.33. The lowest BCUT2D eigenvalue weighted by molar-refractivity contribution is 0.555. The third-order valence-corrected chi connectivity index (χ3v) is 4.02. The van der Waals surface area contributed by atoms with E-state index in [2.05, 4.69) is 4.98 Å². The number of nitrogens with zero attached hydrogens (tertiary/aromatic N) is 1. The molecule has 0 aromatic carbocycles. The third kappa shape index (κ3) is 2.59. The van der Waals surface area contributed by atoms with Gasteiger partial charge in [0.1, 0.15) is 5.82 Å². The Bertz CT molecular complexity index is 440. The summed E-state index contributed by atoms with van der Waals surface area (Å²) in [5.41, 5.74) is 1.08. The molecule has 3 heteroatoms. The van der Waals surface area contributed by atoms with E-state index in [9.17, 15) is 4.79 Å². The Morgan fingerprint density at radius 3 is 2.35 bits per heavy atom. The van der Waals surface area contributed by atoms with Crippen LogP contribution < -0.4 is 5.56 Å². The summed E-state index contributed by atoms with van der Waals surface area (Å²) in [6.07, 6.45) is 10.0. The quantitative estimate of drug-likeness (QED) is 0.796. The molecule has 0 radical (unpaired) electrons. The summed E-state index contributed by atoms with van der Waals surface area (Å²) >= 11 is 0. The molecule has 0 atom stereocenters. The van der Waals surface area contributed by atoms with Gasteiger partial charge in [0.15, 0.2) is 0 Å². The fourth-order valence-electron chi connectivity index (χ4n) is 2.83. The second-order valence-corrected chi connectivity index (χ2v) is 5.52. The summed E-state index contributed by atoms with van der Waals surface area (Å²) in [5, 5.41) is 0. The number of aromatic nitrogens is 2. The fraction of sp³-hybridized carbons (Fsp3) is 0.714. The van der Waals surface area contributed by atoms with Gasteiger partial charge in [-0.05, 0) is 25.7 Å². The highest BCUT2D eigenvalue weighted by atomic mass is 16.1. The summed E-state index contributed by atoms with van der Waals surface area (Å²) in [5.74, 6) is 2.02. The number of aromatic amines is 1. The van der Waals surface area contributed by atoms with E-state index in [1.807, 2.05) is 0 Å². The molecule has 0 saturated heterocycles. The maximum Gasteiger partial charge on any atom is 0.251 e. The zero-order chi connectivity index (χ0) is 11.7. The molecule has 1 aromatic rings. The molecule has 1 heterocycles. The number of H-pyrrole nitrogens is 1. The van der Waals surface area contributed by atoms with Crippen LogP contribution in [-0.2, 0) is 0 Å². The first kappa shape index (κ1) is 11.0. The Balaban J connectivity index is 1.87. The lowest BCUT2D eigenvalue weighted by Crippen LogP contribution is -2.15. The monoisotopic (exact) mass is 232 g/mol. The summed E-state index contributed by atoms with van der Waals surface area (Å²) in [6.45, 7) is 0. The molecule has 3 rings (SSSR count). The minimum absolute atomic E-state index is 0.0427. The predicted molar refractivity (Wildman–Crippen MR) is 67.3 cm³/mol. The van der Waals surface area contributed by atoms with Gasteiger partial charge < -0.3 is 4.98 Å². The number of rotatable bonds is 2. The smallest absolute Gasteiger partial charge is 0.251 e. The SMILES string of the molecule is O=c1cc(C2CC2)nc(C2CCCCCC2)[nH]1. The van der Waals surface area contributed by atoms with Crippen LogP contribution in [0.5, 0.6) is 0 Å². The van der Waals surface area contributed by atoms with Crippen LogP contribution in [0.2, 0.25) is 0 Å². The first-order valence-electron chi connectivity index (χ1n) is 6.94. The Kier molecular flexibility index (Phi) is 3.00. The second-order valence-electron chi connectivity index (χ2n) is 5.52. The highest BCUT2D eigenvalue weighted by molar-refractivity contribution is 5.15. The van der Waals surface area contributed by atoms with E-state index >= 15 is 0 Å². The summed E-state index contributed by atoms with van der Waals surface area (Å²) in [4.78, 5) is 19.3. The molecule has 2 aliphatic rings. The van der Waals surface area contributed by atoms with Gasteiger partial charge in [-0.25, -0.2) is 4.98 Å². The number of hydrogen-bond donors (Lipinski definition) is 1. The van der Waals surface area contributed by atoms with E-state index < -0.39 is 0 Å². The van der Waals surface area contributed by atoms with Gasteiger partial charge in [-0.2, -0.15) is 0 Å². The number of hydrogen-bond acceptors (Lipinski definition) is 2. The maximum absolute atomic E-state index is 11.7. The summed E-state index contributed by atoms with van der Waals surface area (Å²) in [6, 6.07) is 1.69. The van der Waals surface area contributed by atoms with Crippen molar-refractivity contribution in [2.24, 2.45) is 0 Å². The molecule has 0 bridgehead atoms. The van der Waals surface area contributed by atoms with E-state index in [0.29, 0.717) is 11.8 Å². The Morgan fingerprint density at radius 1 is 1.00 bits per heavy atom. The van der Waals surface area contributed by atoms with E-state index in [4.69, 9.17) is 4.98 Å². The molecule has 0 amide bonds. The molecule has 3 nitrogen and oxygen atoms in total.